The zero-order chi connectivity index (χ0) is 23.5. The molecule has 0 radical (unpaired) electrons. The number of likely N-dealkylation sites (tertiary alicyclic amines) is 1. The summed E-state index contributed by atoms with van der Waals surface area (Å²) in [6.07, 6.45) is 0.604. The first-order valence-electron chi connectivity index (χ1n) is 10.7. The molecule has 9 heteroatoms. The number of ether oxygens (including phenoxy) is 1. The van der Waals surface area contributed by atoms with Crippen LogP contribution in [0.1, 0.15) is 23.6 Å². The molecule has 2 saturated heterocycles. The maximum atomic E-state index is 13.6. The van der Waals surface area contributed by atoms with Crippen LogP contribution in [0.4, 0.5) is 4.39 Å². The van der Waals surface area contributed by atoms with Gasteiger partial charge in [0, 0.05) is 31.2 Å². The van der Waals surface area contributed by atoms with Crippen molar-refractivity contribution in [3.05, 3.63) is 70.0 Å². The molecule has 2 N–H and O–H groups in total. The van der Waals surface area contributed by atoms with Crippen LogP contribution in [0.2, 0.25) is 5.02 Å². The van der Waals surface area contributed by atoms with E-state index in [1.165, 1.54) is 47.4 Å². The van der Waals surface area contributed by atoms with Gasteiger partial charge in [0.2, 0.25) is 0 Å². The van der Waals surface area contributed by atoms with Crippen molar-refractivity contribution in [3.8, 4) is 5.75 Å². The van der Waals surface area contributed by atoms with Gasteiger partial charge in [-0.3, -0.25) is 14.5 Å². The number of halogens is 2. The van der Waals surface area contributed by atoms with Gasteiger partial charge in [-0.15, -0.1) is 0 Å². The fraction of sp³-hybridized carbons (Fsp3) is 0.333. The molecule has 1 atom stereocenters. The van der Waals surface area contributed by atoms with Gasteiger partial charge in [0.25, 0.3) is 11.7 Å². The van der Waals surface area contributed by atoms with E-state index in [4.69, 9.17) is 16.3 Å². The molecular formula is C24H24ClFN2O5. The Bertz CT molecular complexity index is 1080. The van der Waals surface area contributed by atoms with Gasteiger partial charge in [-0.2, -0.15) is 0 Å². The van der Waals surface area contributed by atoms with Gasteiger partial charge in [-0.1, -0.05) is 23.7 Å². The Morgan fingerprint density at radius 3 is 2.48 bits per heavy atom. The van der Waals surface area contributed by atoms with E-state index in [-0.39, 0.29) is 28.5 Å². The molecule has 0 aliphatic carbocycles. The minimum atomic E-state index is -0.923. The lowest BCUT2D eigenvalue weighted by molar-refractivity contribution is -0.140. The molecule has 2 aromatic rings. The number of amides is 1. The summed E-state index contributed by atoms with van der Waals surface area (Å²) >= 11 is 6.01. The molecule has 0 bridgehead atoms. The monoisotopic (exact) mass is 474 g/mol. The lowest BCUT2D eigenvalue weighted by Gasteiger charge is -2.29. The van der Waals surface area contributed by atoms with Gasteiger partial charge >= 0.3 is 0 Å². The molecular weight excluding hydrogens is 451 g/mol. The Morgan fingerprint density at radius 2 is 1.79 bits per heavy atom. The first-order chi connectivity index (χ1) is 15.9. The summed E-state index contributed by atoms with van der Waals surface area (Å²) in [7, 11) is 0. The van der Waals surface area contributed by atoms with Crippen LogP contribution in [0.3, 0.4) is 0 Å². The first kappa shape index (κ1) is 23.2. The molecule has 174 valence electrons. The van der Waals surface area contributed by atoms with E-state index in [1.54, 1.807) is 0 Å². The molecule has 0 spiro atoms. The zero-order valence-corrected chi connectivity index (χ0v) is 18.6. The molecule has 2 aromatic carbocycles. The number of carbonyl (C=O) groups excluding carboxylic acids is 2. The smallest absolute Gasteiger partial charge is 0.295 e. The molecule has 0 saturated carbocycles. The highest BCUT2D eigenvalue weighted by molar-refractivity contribution is 6.46. The fourth-order valence-corrected chi connectivity index (χ4v) is 4.41. The summed E-state index contributed by atoms with van der Waals surface area (Å²) in [6, 6.07) is 8.56. The Labute approximate surface area is 195 Å². The van der Waals surface area contributed by atoms with E-state index < -0.39 is 29.3 Å². The van der Waals surface area contributed by atoms with Crippen LogP contribution in [0.25, 0.3) is 5.76 Å². The van der Waals surface area contributed by atoms with Crippen LogP contribution < -0.4 is 0 Å². The van der Waals surface area contributed by atoms with E-state index in [9.17, 15) is 24.2 Å². The lowest BCUT2D eigenvalue weighted by atomic mass is 9.95. The van der Waals surface area contributed by atoms with Gasteiger partial charge in [0.15, 0.2) is 0 Å². The average Bonchev–Trinajstić information content (AvgIpc) is 3.06. The van der Waals surface area contributed by atoms with Crippen LogP contribution >= 0.6 is 11.6 Å². The van der Waals surface area contributed by atoms with E-state index >= 15 is 0 Å². The van der Waals surface area contributed by atoms with Crippen molar-refractivity contribution in [1.82, 2.24) is 9.80 Å². The fourth-order valence-electron chi connectivity index (χ4n) is 4.23. The third-order valence-electron chi connectivity index (χ3n) is 5.92. The number of rotatable bonds is 6. The number of phenolic OH excluding ortho intramolecular Hbond substituents is 1. The number of Topliss-reactive ketones (excluding diaryl/α,β-unsaturated/α-hetero) is 1. The number of nitrogens with zero attached hydrogens (tertiary/aromatic N) is 2. The van der Waals surface area contributed by atoms with Crippen molar-refractivity contribution in [2.45, 2.75) is 12.5 Å². The second-order valence-corrected chi connectivity index (χ2v) is 8.45. The van der Waals surface area contributed by atoms with Gasteiger partial charge < -0.3 is 19.8 Å². The highest BCUT2D eigenvalue weighted by Gasteiger charge is 2.46. The largest absolute Gasteiger partial charge is 0.507 e. The number of hydrogen-bond acceptors (Lipinski definition) is 6. The summed E-state index contributed by atoms with van der Waals surface area (Å²) in [4.78, 5) is 29.6. The van der Waals surface area contributed by atoms with Crippen LogP contribution in [0.15, 0.2) is 48.0 Å². The van der Waals surface area contributed by atoms with Gasteiger partial charge in [0.1, 0.15) is 17.3 Å². The zero-order valence-electron chi connectivity index (χ0n) is 17.8. The molecule has 1 amide bonds. The average molecular weight is 475 g/mol. The predicted molar refractivity (Wildman–Crippen MR) is 120 cm³/mol. The summed E-state index contributed by atoms with van der Waals surface area (Å²) in [5, 5.41) is 21.5. The Kier molecular flexibility index (Phi) is 6.97. The van der Waals surface area contributed by atoms with Crippen LogP contribution in [0, 0.1) is 5.82 Å². The van der Waals surface area contributed by atoms with E-state index in [2.05, 4.69) is 4.90 Å². The quantitative estimate of drug-likeness (QED) is 0.379. The second kappa shape index (κ2) is 9.91. The van der Waals surface area contributed by atoms with Crippen molar-refractivity contribution in [2.24, 2.45) is 0 Å². The second-order valence-electron chi connectivity index (χ2n) is 8.01. The van der Waals surface area contributed by atoms with E-state index in [1.807, 2.05) is 0 Å². The highest BCUT2D eigenvalue weighted by Crippen LogP contribution is 2.41. The number of phenols is 1. The molecule has 7 nitrogen and oxygen atoms in total. The molecule has 2 fully saturated rings. The number of hydrogen-bond donors (Lipinski definition) is 2. The third kappa shape index (κ3) is 4.88. The summed E-state index contributed by atoms with van der Waals surface area (Å²) < 4.78 is 18.9. The number of aliphatic hydroxyl groups is 1. The van der Waals surface area contributed by atoms with Crippen LogP contribution in [0.5, 0.6) is 5.75 Å². The van der Waals surface area contributed by atoms with Crippen LogP contribution in [-0.2, 0) is 14.3 Å². The van der Waals surface area contributed by atoms with Crippen molar-refractivity contribution in [3.63, 3.8) is 0 Å². The van der Waals surface area contributed by atoms with E-state index in [0.717, 1.165) is 19.6 Å². The topological polar surface area (TPSA) is 90.3 Å². The Hall–Kier alpha value is -2.94. The maximum absolute atomic E-state index is 13.6. The highest BCUT2D eigenvalue weighted by atomic mass is 35.5. The third-order valence-corrected chi connectivity index (χ3v) is 6.15. The molecule has 2 heterocycles. The number of aliphatic hydroxyl groups excluding tert-OH is 1. The number of benzene rings is 2. The van der Waals surface area contributed by atoms with Gasteiger partial charge in [-0.25, -0.2) is 4.39 Å². The number of ketones is 1. The number of morpholine rings is 1. The van der Waals surface area contributed by atoms with Crippen molar-refractivity contribution < 1.29 is 28.9 Å². The van der Waals surface area contributed by atoms with Crippen molar-refractivity contribution in [1.29, 1.82) is 0 Å². The minimum Gasteiger partial charge on any atom is -0.507 e. The summed E-state index contributed by atoms with van der Waals surface area (Å²) in [5.74, 6) is -2.90. The number of carbonyl (C=O) groups is 2. The van der Waals surface area contributed by atoms with Gasteiger partial charge in [-0.05, 0) is 42.3 Å². The standard InChI is InChI=1S/C24H24ClFN2O5/c25-16-4-7-19(29)18(14-16)22(30)20-21(15-2-5-17(26)6-3-15)28(24(32)23(20)31)9-1-8-27-10-12-33-13-11-27/h2-7,14,21,29-30H,1,8-13H2/b22-20-. The molecule has 1 unspecified atom stereocenters. The summed E-state index contributed by atoms with van der Waals surface area (Å²) in [6.45, 7) is 3.90. The molecule has 0 aromatic heterocycles. The normalized spacial score (nSPS) is 21.0. The first-order valence-corrected chi connectivity index (χ1v) is 11.1. The maximum Gasteiger partial charge on any atom is 0.295 e. The molecule has 2 aliphatic rings. The number of aromatic hydroxyl groups is 1. The Morgan fingerprint density at radius 1 is 1.09 bits per heavy atom. The molecule has 2 aliphatic heterocycles. The molecule has 33 heavy (non-hydrogen) atoms. The van der Waals surface area contributed by atoms with Crippen molar-refractivity contribution in [2.75, 3.05) is 39.4 Å². The minimum absolute atomic E-state index is 0.0547. The summed E-state index contributed by atoms with van der Waals surface area (Å²) in [5.41, 5.74) is 0.251. The van der Waals surface area contributed by atoms with Gasteiger partial charge in [0.05, 0.1) is 30.4 Å². The Balaban J connectivity index is 1.70. The SMILES string of the molecule is O=C1C(=O)N(CCCN2CCOCC2)C(c2ccc(F)cc2)/C1=C(/O)c1cc(Cl)ccc1O. The van der Waals surface area contributed by atoms with Crippen molar-refractivity contribution >= 4 is 29.1 Å². The van der Waals surface area contributed by atoms with Crippen LogP contribution in [-0.4, -0.2) is 71.1 Å². The van der Waals surface area contributed by atoms with E-state index in [0.29, 0.717) is 25.2 Å². The molecule has 4 rings (SSSR count). The lowest BCUT2D eigenvalue weighted by Crippen LogP contribution is -2.38. The predicted octanol–water partition coefficient (Wildman–Crippen LogP) is 3.33.